The van der Waals surface area contributed by atoms with Gasteiger partial charge in [0.25, 0.3) is 0 Å². The van der Waals surface area contributed by atoms with Crippen LogP contribution in [-0.4, -0.2) is 28.1 Å². The first-order chi connectivity index (χ1) is 14.1. The van der Waals surface area contributed by atoms with E-state index in [1.165, 1.54) is 0 Å². The Labute approximate surface area is 181 Å². The number of allylic oxidation sites excluding steroid dienone is 2. The first-order valence-corrected chi connectivity index (χ1v) is 12.2. The molecule has 4 heteroatoms. The van der Waals surface area contributed by atoms with E-state index in [2.05, 4.69) is 20.8 Å². The van der Waals surface area contributed by atoms with Gasteiger partial charge in [-0.15, -0.1) is 0 Å². The van der Waals surface area contributed by atoms with E-state index in [-0.39, 0.29) is 35.2 Å². The molecule has 0 aromatic heterocycles. The van der Waals surface area contributed by atoms with Crippen LogP contribution < -0.4 is 0 Å². The highest BCUT2D eigenvalue weighted by molar-refractivity contribution is 5.99. The molecule has 0 saturated heterocycles. The third-order valence-electron chi connectivity index (χ3n) is 10.3. The molecule has 0 spiro atoms. The number of aliphatic hydroxyl groups is 1. The van der Waals surface area contributed by atoms with Crippen LogP contribution in [0.25, 0.3) is 0 Å². The second kappa shape index (κ2) is 7.76. The molecule has 4 aliphatic carbocycles. The van der Waals surface area contributed by atoms with Gasteiger partial charge in [-0.2, -0.15) is 0 Å². The minimum absolute atomic E-state index is 0.114. The third kappa shape index (κ3) is 3.20. The van der Waals surface area contributed by atoms with E-state index < -0.39 is 5.97 Å². The third-order valence-corrected chi connectivity index (χ3v) is 10.3. The number of carbonyl (C=O) groups is 2. The highest BCUT2D eigenvalue weighted by atomic mass is 16.4. The lowest BCUT2D eigenvalue weighted by atomic mass is 9.43. The monoisotopic (exact) mass is 416 g/mol. The summed E-state index contributed by atoms with van der Waals surface area (Å²) >= 11 is 0. The molecule has 2 N–H and O–H groups in total. The van der Waals surface area contributed by atoms with E-state index in [9.17, 15) is 14.7 Å². The standard InChI is InChI=1S/C26H40O4/c1-5-17-21-14-16(27)10-12-26(21,4)20-11-13-25(3)18(15(2)6-9-22(28)29)7-8-19(25)23(20)24(17)30/h5,15-16,18-21,23,27H,6-14H2,1-4H3,(H,28,29)/t15-,16-,18-,19+,20+,21?,23+,25-,26-/m1/s1. The van der Waals surface area contributed by atoms with Crippen LogP contribution in [0.5, 0.6) is 0 Å². The van der Waals surface area contributed by atoms with E-state index in [1.807, 2.05) is 13.0 Å². The number of aliphatic carboxylic acids is 1. The molecule has 0 heterocycles. The van der Waals surface area contributed by atoms with E-state index in [1.54, 1.807) is 0 Å². The molecule has 4 rings (SSSR count). The lowest BCUT2D eigenvalue weighted by molar-refractivity contribution is -0.150. The predicted octanol–water partition coefficient (Wildman–Crippen LogP) is 5.24. The van der Waals surface area contributed by atoms with Gasteiger partial charge < -0.3 is 10.2 Å². The molecular formula is C26H40O4. The fraction of sp³-hybridized carbons (Fsp3) is 0.846. The molecule has 4 fully saturated rings. The van der Waals surface area contributed by atoms with Crippen molar-refractivity contribution in [3.05, 3.63) is 11.6 Å². The van der Waals surface area contributed by atoms with Gasteiger partial charge in [0.05, 0.1) is 6.10 Å². The van der Waals surface area contributed by atoms with Gasteiger partial charge >= 0.3 is 5.97 Å². The molecule has 4 nitrogen and oxygen atoms in total. The minimum atomic E-state index is -0.705. The Morgan fingerprint density at radius 1 is 1.13 bits per heavy atom. The van der Waals surface area contributed by atoms with Gasteiger partial charge in [-0.3, -0.25) is 9.59 Å². The molecule has 168 valence electrons. The summed E-state index contributed by atoms with van der Waals surface area (Å²) in [5, 5.41) is 19.5. The Morgan fingerprint density at radius 2 is 1.80 bits per heavy atom. The second-order valence-electron chi connectivity index (χ2n) is 11.5. The highest BCUT2D eigenvalue weighted by Crippen LogP contribution is 2.68. The predicted molar refractivity (Wildman–Crippen MR) is 117 cm³/mol. The summed E-state index contributed by atoms with van der Waals surface area (Å²) in [6.45, 7) is 9.04. The largest absolute Gasteiger partial charge is 0.481 e. The van der Waals surface area contributed by atoms with E-state index in [0.29, 0.717) is 29.5 Å². The molecular weight excluding hydrogens is 376 g/mol. The summed E-state index contributed by atoms with van der Waals surface area (Å²) in [5.41, 5.74) is 1.25. The minimum Gasteiger partial charge on any atom is -0.481 e. The normalized spacial score (nSPS) is 48.0. The molecule has 1 unspecified atom stereocenters. The summed E-state index contributed by atoms with van der Waals surface area (Å²) in [7, 11) is 0. The van der Waals surface area contributed by atoms with Gasteiger partial charge in [-0.25, -0.2) is 0 Å². The van der Waals surface area contributed by atoms with Gasteiger partial charge in [0.2, 0.25) is 0 Å². The molecule has 0 radical (unpaired) electrons. The second-order valence-corrected chi connectivity index (χ2v) is 11.5. The summed E-state index contributed by atoms with van der Waals surface area (Å²) < 4.78 is 0. The van der Waals surface area contributed by atoms with Crippen LogP contribution in [0.4, 0.5) is 0 Å². The number of hydrogen-bond acceptors (Lipinski definition) is 3. The number of aliphatic hydroxyl groups excluding tert-OH is 1. The van der Waals surface area contributed by atoms with Crippen LogP contribution >= 0.6 is 0 Å². The van der Waals surface area contributed by atoms with Crippen LogP contribution in [0.2, 0.25) is 0 Å². The number of carboxylic acid groups (broad SMARTS) is 1. The van der Waals surface area contributed by atoms with Crippen LogP contribution in [-0.2, 0) is 9.59 Å². The summed E-state index contributed by atoms with van der Waals surface area (Å²) in [6, 6.07) is 0. The van der Waals surface area contributed by atoms with Gasteiger partial charge in [0.1, 0.15) is 0 Å². The zero-order valence-corrected chi connectivity index (χ0v) is 19.2. The van der Waals surface area contributed by atoms with E-state index in [0.717, 1.165) is 56.9 Å². The van der Waals surface area contributed by atoms with Gasteiger partial charge in [0.15, 0.2) is 5.78 Å². The zero-order valence-electron chi connectivity index (χ0n) is 19.2. The first kappa shape index (κ1) is 22.0. The molecule has 0 aromatic carbocycles. The quantitative estimate of drug-likeness (QED) is 0.614. The fourth-order valence-corrected chi connectivity index (χ4v) is 8.72. The average Bonchev–Trinajstić information content (AvgIpc) is 3.05. The topological polar surface area (TPSA) is 74.6 Å². The smallest absolute Gasteiger partial charge is 0.303 e. The maximum atomic E-state index is 13.8. The Kier molecular flexibility index (Phi) is 5.70. The van der Waals surface area contributed by atoms with E-state index in [4.69, 9.17) is 5.11 Å². The Balaban J connectivity index is 1.64. The first-order valence-electron chi connectivity index (χ1n) is 12.2. The molecule has 0 amide bonds. The summed E-state index contributed by atoms with van der Waals surface area (Å²) in [5.74, 6) is 1.74. The van der Waals surface area contributed by atoms with E-state index >= 15 is 0 Å². The van der Waals surface area contributed by atoms with Crippen molar-refractivity contribution in [1.29, 1.82) is 0 Å². The number of hydrogen-bond donors (Lipinski definition) is 2. The van der Waals surface area contributed by atoms with Crippen molar-refractivity contribution >= 4 is 11.8 Å². The molecule has 0 aliphatic heterocycles. The van der Waals surface area contributed by atoms with Gasteiger partial charge in [-0.1, -0.05) is 26.8 Å². The highest BCUT2D eigenvalue weighted by Gasteiger charge is 2.64. The number of Topliss-reactive ketones (excluding diaryl/α,β-unsaturated/α-hetero) is 1. The van der Waals surface area contributed by atoms with Crippen LogP contribution in [0.3, 0.4) is 0 Å². The van der Waals surface area contributed by atoms with Crippen molar-refractivity contribution in [3.8, 4) is 0 Å². The van der Waals surface area contributed by atoms with Gasteiger partial charge in [-0.05, 0) is 104 Å². The SMILES string of the molecule is CC=C1C(=O)[C@H]2[C@@H]3CC[C@H]([C@H](C)CCC(=O)O)[C@@]3(C)CC[C@@H]2[C@@]2(C)CC[C@@H](O)CC12. The van der Waals surface area contributed by atoms with Crippen LogP contribution in [0.15, 0.2) is 11.6 Å². The molecule has 9 atom stereocenters. The summed E-state index contributed by atoms with van der Waals surface area (Å²) in [6.07, 6.45) is 9.86. The van der Waals surface area contributed by atoms with Crippen LogP contribution in [0, 0.1) is 46.3 Å². The number of carbonyl (C=O) groups excluding carboxylic acids is 1. The Hall–Kier alpha value is -1.16. The molecule has 0 aromatic rings. The lowest BCUT2D eigenvalue weighted by Gasteiger charge is -2.61. The molecule has 4 aliphatic rings. The average molecular weight is 417 g/mol. The van der Waals surface area contributed by atoms with Gasteiger partial charge in [0, 0.05) is 12.3 Å². The van der Waals surface area contributed by atoms with Crippen molar-refractivity contribution < 1.29 is 19.8 Å². The summed E-state index contributed by atoms with van der Waals surface area (Å²) in [4.78, 5) is 24.9. The number of rotatable bonds is 4. The molecule has 0 bridgehead atoms. The van der Waals surface area contributed by atoms with Crippen molar-refractivity contribution in [3.63, 3.8) is 0 Å². The van der Waals surface area contributed by atoms with Crippen molar-refractivity contribution in [2.45, 2.75) is 91.6 Å². The van der Waals surface area contributed by atoms with Crippen LogP contribution in [0.1, 0.15) is 85.5 Å². The lowest BCUT2D eigenvalue weighted by Crippen LogP contribution is -2.58. The number of ketones is 1. The maximum absolute atomic E-state index is 13.8. The van der Waals surface area contributed by atoms with Crippen molar-refractivity contribution in [2.75, 3.05) is 0 Å². The Morgan fingerprint density at radius 3 is 2.47 bits per heavy atom. The van der Waals surface area contributed by atoms with Crippen molar-refractivity contribution in [1.82, 2.24) is 0 Å². The van der Waals surface area contributed by atoms with Crippen molar-refractivity contribution in [2.24, 2.45) is 46.3 Å². The molecule has 30 heavy (non-hydrogen) atoms. The number of carboxylic acids is 1. The maximum Gasteiger partial charge on any atom is 0.303 e. The zero-order chi connectivity index (χ0) is 21.8. The number of fused-ring (bicyclic) bond motifs is 5. The fourth-order valence-electron chi connectivity index (χ4n) is 8.72. The molecule has 4 saturated carbocycles. The Bertz CT molecular complexity index is 741.